The molecule has 0 aliphatic carbocycles. The zero-order chi connectivity index (χ0) is 18.4. The Morgan fingerprint density at radius 1 is 1.20 bits per heavy atom. The van der Waals surface area contributed by atoms with Crippen LogP contribution in [0.25, 0.3) is 0 Å². The van der Waals surface area contributed by atoms with Gasteiger partial charge in [0, 0.05) is 49.7 Å². The molecule has 2 aromatic heterocycles. The number of thiazole rings is 1. The highest BCUT2D eigenvalue weighted by Gasteiger charge is 2.13. The van der Waals surface area contributed by atoms with Gasteiger partial charge < -0.3 is 10.6 Å². The van der Waals surface area contributed by atoms with Crippen LogP contribution in [0.2, 0.25) is 0 Å². The zero-order valence-corrected chi connectivity index (χ0v) is 17.0. The van der Waals surface area contributed by atoms with Crippen LogP contribution in [0.4, 0.5) is 0 Å². The van der Waals surface area contributed by atoms with E-state index >= 15 is 0 Å². The first-order valence-electron chi connectivity index (χ1n) is 8.91. The van der Waals surface area contributed by atoms with Gasteiger partial charge in [-0.1, -0.05) is 13.8 Å². The second-order valence-electron chi connectivity index (χ2n) is 6.05. The Morgan fingerprint density at radius 3 is 2.52 bits per heavy atom. The van der Waals surface area contributed by atoms with Crippen LogP contribution in [0.1, 0.15) is 46.4 Å². The van der Waals surface area contributed by atoms with Crippen LogP contribution < -0.4 is 10.6 Å². The molecule has 0 fully saturated rings. The van der Waals surface area contributed by atoms with Crippen molar-refractivity contribution in [2.24, 2.45) is 12.0 Å². The van der Waals surface area contributed by atoms with Gasteiger partial charge in [0.25, 0.3) is 0 Å². The molecule has 0 aliphatic heterocycles. The Labute approximate surface area is 154 Å². The Morgan fingerprint density at radius 2 is 1.96 bits per heavy atom. The van der Waals surface area contributed by atoms with Crippen molar-refractivity contribution in [3.8, 4) is 0 Å². The molecule has 0 saturated heterocycles. The van der Waals surface area contributed by atoms with Crippen LogP contribution in [0, 0.1) is 13.8 Å². The maximum Gasteiger partial charge on any atom is 0.191 e. The molecule has 0 aliphatic rings. The van der Waals surface area contributed by atoms with Gasteiger partial charge in [-0.05, 0) is 26.7 Å². The van der Waals surface area contributed by atoms with E-state index in [9.17, 15) is 0 Å². The lowest BCUT2D eigenvalue weighted by molar-refractivity contribution is 0.702. The summed E-state index contributed by atoms with van der Waals surface area (Å²) in [5.74, 6) is 0.818. The number of aryl methyl sites for hydroxylation is 4. The summed E-state index contributed by atoms with van der Waals surface area (Å²) in [6.07, 6.45) is 2.84. The molecule has 0 saturated carbocycles. The van der Waals surface area contributed by atoms with Crippen molar-refractivity contribution in [1.29, 1.82) is 0 Å². The highest BCUT2D eigenvalue weighted by atomic mass is 32.1. The molecule has 138 valence electrons. The fourth-order valence-corrected chi connectivity index (χ4v) is 3.85. The van der Waals surface area contributed by atoms with E-state index in [0.717, 1.165) is 49.7 Å². The Hall–Kier alpha value is -1.89. The van der Waals surface area contributed by atoms with Crippen molar-refractivity contribution >= 4 is 17.3 Å². The third-order valence-corrected chi connectivity index (χ3v) is 5.52. The van der Waals surface area contributed by atoms with Gasteiger partial charge in [-0.25, -0.2) is 4.98 Å². The molecule has 0 unspecified atom stereocenters. The van der Waals surface area contributed by atoms with Crippen LogP contribution in [0.5, 0.6) is 0 Å². The summed E-state index contributed by atoms with van der Waals surface area (Å²) in [6, 6.07) is 0. The summed E-state index contributed by atoms with van der Waals surface area (Å²) >= 11 is 1.77. The number of rotatable bonds is 7. The number of hydrogen-bond donors (Lipinski definition) is 2. The zero-order valence-electron chi connectivity index (χ0n) is 16.2. The topological polar surface area (TPSA) is 67.1 Å². The summed E-state index contributed by atoms with van der Waals surface area (Å²) in [5, 5.41) is 12.6. The number of guanidine groups is 1. The number of nitrogens with zero attached hydrogens (tertiary/aromatic N) is 4. The standard InChI is InChI=1S/C18H30N6S/c1-7-15-14(16(8-2)24(6)23-15)11-21-18(19-5)20-10-9-17-22-12(3)13(4)25-17/h7-11H2,1-6H3,(H2,19,20,21). The average Bonchev–Trinajstić information content (AvgIpc) is 3.08. The molecule has 2 aromatic rings. The molecule has 2 rings (SSSR count). The molecule has 0 bridgehead atoms. The van der Waals surface area contributed by atoms with Crippen LogP contribution in [0.15, 0.2) is 4.99 Å². The summed E-state index contributed by atoms with van der Waals surface area (Å²) in [7, 11) is 3.82. The van der Waals surface area contributed by atoms with Crippen LogP contribution in [-0.4, -0.2) is 34.3 Å². The predicted molar refractivity (Wildman–Crippen MR) is 105 cm³/mol. The largest absolute Gasteiger partial charge is 0.356 e. The molecule has 2 N–H and O–H groups in total. The second kappa shape index (κ2) is 8.99. The number of hydrogen-bond acceptors (Lipinski definition) is 4. The Kier molecular flexibility index (Phi) is 6.99. The summed E-state index contributed by atoms with van der Waals surface area (Å²) in [6.45, 7) is 10.1. The summed E-state index contributed by atoms with van der Waals surface area (Å²) in [5.41, 5.74) is 4.88. The smallest absolute Gasteiger partial charge is 0.191 e. The number of aromatic nitrogens is 3. The minimum absolute atomic E-state index is 0.745. The highest BCUT2D eigenvalue weighted by molar-refractivity contribution is 7.11. The van der Waals surface area contributed by atoms with Crippen LogP contribution in [0.3, 0.4) is 0 Å². The first-order valence-corrected chi connectivity index (χ1v) is 9.72. The molecule has 7 heteroatoms. The van der Waals surface area contributed by atoms with E-state index in [2.05, 4.69) is 53.4 Å². The van der Waals surface area contributed by atoms with E-state index in [1.807, 2.05) is 11.7 Å². The molecule has 0 aromatic carbocycles. The lowest BCUT2D eigenvalue weighted by Crippen LogP contribution is -2.38. The molecule has 6 nitrogen and oxygen atoms in total. The lowest BCUT2D eigenvalue weighted by atomic mass is 10.1. The predicted octanol–water partition coefficient (Wildman–Crippen LogP) is 2.53. The average molecular weight is 363 g/mol. The maximum atomic E-state index is 4.63. The fraction of sp³-hybridized carbons (Fsp3) is 0.611. The molecular weight excluding hydrogens is 332 g/mol. The van der Waals surface area contributed by atoms with Gasteiger partial charge in [-0.3, -0.25) is 9.67 Å². The molecular formula is C18H30N6S. The number of aliphatic imine (C=N–C) groups is 1. The van der Waals surface area contributed by atoms with Gasteiger partial charge in [-0.15, -0.1) is 11.3 Å². The van der Waals surface area contributed by atoms with Crippen LogP contribution in [-0.2, 0) is 32.9 Å². The van der Waals surface area contributed by atoms with Gasteiger partial charge in [0.1, 0.15) is 0 Å². The van der Waals surface area contributed by atoms with E-state index in [1.54, 1.807) is 18.4 Å². The van der Waals surface area contributed by atoms with E-state index in [1.165, 1.54) is 21.1 Å². The van der Waals surface area contributed by atoms with E-state index < -0.39 is 0 Å². The normalized spacial score (nSPS) is 11.8. The van der Waals surface area contributed by atoms with Crippen molar-refractivity contribution in [3.05, 3.63) is 32.5 Å². The second-order valence-corrected chi connectivity index (χ2v) is 7.34. The fourth-order valence-electron chi connectivity index (χ4n) is 2.92. The van der Waals surface area contributed by atoms with Gasteiger partial charge in [0.05, 0.1) is 16.4 Å². The van der Waals surface area contributed by atoms with Crippen molar-refractivity contribution in [2.45, 2.75) is 53.5 Å². The first kappa shape index (κ1) is 19.4. The minimum Gasteiger partial charge on any atom is -0.356 e. The van der Waals surface area contributed by atoms with Crippen molar-refractivity contribution in [1.82, 2.24) is 25.4 Å². The molecule has 0 radical (unpaired) electrons. The Balaban J connectivity index is 1.90. The van der Waals surface area contributed by atoms with E-state index in [4.69, 9.17) is 0 Å². The monoisotopic (exact) mass is 362 g/mol. The molecule has 25 heavy (non-hydrogen) atoms. The molecule has 0 amide bonds. The van der Waals surface area contributed by atoms with Crippen molar-refractivity contribution < 1.29 is 0 Å². The summed E-state index contributed by atoms with van der Waals surface area (Å²) in [4.78, 5) is 10.2. The first-order chi connectivity index (χ1) is 12.0. The third-order valence-electron chi connectivity index (χ3n) is 4.39. The van der Waals surface area contributed by atoms with E-state index in [0.29, 0.717) is 0 Å². The van der Waals surface area contributed by atoms with Crippen molar-refractivity contribution in [3.63, 3.8) is 0 Å². The molecule has 0 spiro atoms. The lowest BCUT2D eigenvalue weighted by Gasteiger charge is -2.12. The van der Waals surface area contributed by atoms with Gasteiger partial charge >= 0.3 is 0 Å². The van der Waals surface area contributed by atoms with Gasteiger partial charge in [0.2, 0.25) is 0 Å². The SMILES string of the molecule is CCc1nn(C)c(CC)c1CNC(=NC)NCCc1nc(C)c(C)s1. The van der Waals surface area contributed by atoms with E-state index in [-0.39, 0.29) is 0 Å². The molecule has 0 atom stereocenters. The maximum absolute atomic E-state index is 4.63. The quantitative estimate of drug-likeness (QED) is 0.587. The van der Waals surface area contributed by atoms with Crippen LogP contribution >= 0.6 is 11.3 Å². The number of nitrogens with one attached hydrogen (secondary N) is 2. The third kappa shape index (κ3) is 4.81. The minimum atomic E-state index is 0.745. The summed E-state index contributed by atoms with van der Waals surface area (Å²) < 4.78 is 2.00. The molecule has 2 heterocycles. The van der Waals surface area contributed by atoms with Crippen molar-refractivity contribution in [2.75, 3.05) is 13.6 Å². The highest BCUT2D eigenvalue weighted by Crippen LogP contribution is 2.16. The van der Waals surface area contributed by atoms with Gasteiger partial charge in [0.15, 0.2) is 5.96 Å². The Bertz CT molecular complexity index is 709. The van der Waals surface area contributed by atoms with Gasteiger partial charge in [-0.2, -0.15) is 5.10 Å².